The molecule has 2 aromatic carbocycles. The number of carboxylic acids is 1. The number of aliphatic hydroxyl groups is 1. The molecule has 1 aliphatic heterocycles. The summed E-state index contributed by atoms with van der Waals surface area (Å²) in [6, 6.07) is 17.8. The van der Waals surface area contributed by atoms with Crippen LogP contribution in [0.15, 0.2) is 71.9 Å². The topological polar surface area (TPSA) is 167 Å². The number of aliphatic hydroxyl groups excluding tert-OH is 1. The monoisotopic (exact) mass is 595 g/mol. The number of carbonyl (C=O) groups excluding carboxylic acids is 2. The van der Waals surface area contributed by atoms with Crippen molar-refractivity contribution in [1.29, 1.82) is 0 Å². The van der Waals surface area contributed by atoms with Gasteiger partial charge in [0.2, 0.25) is 11.8 Å². The lowest BCUT2D eigenvalue weighted by molar-refractivity contribution is -0.245. The van der Waals surface area contributed by atoms with E-state index in [2.05, 4.69) is 10.3 Å². The summed E-state index contributed by atoms with van der Waals surface area (Å²) < 4.78 is 12.7. The van der Waals surface area contributed by atoms with Crippen LogP contribution < -0.4 is 10.8 Å². The highest BCUT2D eigenvalue weighted by atomic mass is 32.2. The van der Waals surface area contributed by atoms with Gasteiger partial charge in [0, 0.05) is 42.5 Å². The van der Waals surface area contributed by atoms with Crippen molar-refractivity contribution in [3.05, 3.63) is 89.1 Å². The number of aromatic nitrogens is 1. The number of hydrogen-bond acceptors (Lipinski definition) is 9. The molecular formula is C30H33N3O8S. The number of carbonyl (C=O) groups is 3. The number of thioether (sulfide) groups is 1. The molecule has 12 heteroatoms. The number of hydrogen-bond donors (Lipinski definition) is 5. The van der Waals surface area contributed by atoms with Crippen molar-refractivity contribution in [2.45, 2.75) is 62.2 Å². The molecule has 0 radical (unpaired) electrons. The van der Waals surface area contributed by atoms with Gasteiger partial charge in [0.05, 0.1) is 24.4 Å². The number of nitrogens with one attached hydrogen (secondary N) is 2. The Morgan fingerprint density at radius 2 is 1.62 bits per heavy atom. The lowest BCUT2D eigenvalue weighted by Crippen LogP contribution is -2.31. The molecule has 1 aromatic heterocycles. The maximum Gasteiger partial charge on any atom is 0.338 e. The first-order valence-electron chi connectivity index (χ1n) is 13.5. The molecule has 5 N–H and O–H groups in total. The summed E-state index contributed by atoms with van der Waals surface area (Å²) in [6.07, 6.45) is 2.17. The predicted octanol–water partition coefficient (Wildman–Crippen LogP) is 4.61. The Morgan fingerprint density at radius 3 is 2.29 bits per heavy atom. The van der Waals surface area contributed by atoms with E-state index in [0.717, 1.165) is 16.7 Å². The zero-order valence-electron chi connectivity index (χ0n) is 22.8. The van der Waals surface area contributed by atoms with E-state index in [-0.39, 0.29) is 43.1 Å². The fourth-order valence-electron chi connectivity index (χ4n) is 4.44. The number of carboxylic acid groups (broad SMARTS) is 1. The van der Waals surface area contributed by atoms with Gasteiger partial charge in [-0.05, 0) is 48.2 Å². The smallest absolute Gasteiger partial charge is 0.338 e. The molecule has 1 aliphatic rings. The van der Waals surface area contributed by atoms with E-state index in [9.17, 15) is 24.6 Å². The number of pyridine rings is 1. The van der Waals surface area contributed by atoms with E-state index >= 15 is 0 Å². The Balaban J connectivity index is 1.43. The zero-order chi connectivity index (χ0) is 29.9. The molecule has 0 spiro atoms. The standard InChI is InChI=1S/C30H33N3O8S/c34-17-19-7-9-20(10-8-19)25-16-23(18-42-28-24(29(37)38)4-3-15-31-28)40-30(41-25)21-11-13-22(14-12-21)32-26(35)5-1-2-6-27(36)33-39/h3-4,7-15,23,25,30,34,39H,1-2,5-6,16-18H2,(H,32,35)(H,33,36)(H,37,38). The van der Waals surface area contributed by atoms with Crippen LogP contribution in [0.4, 0.5) is 5.69 Å². The van der Waals surface area contributed by atoms with Crippen LogP contribution >= 0.6 is 11.8 Å². The largest absolute Gasteiger partial charge is 0.478 e. The lowest BCUT2D eigenvalue weighted by Gasteiger charge is -2.36. The van der Waals surface area contributed by atoms with Crippen molar-refractivity contribution in [2.75, 3.05) is 11.1 Å². The first-order chi connectivity index (χ1) is 20.4. The van der Waals surface area contributed by atoms with Crippen molar-refractivity contribution in [1.82, 2.24) is 10.5 Å². The Labute approximate surface area is 247 Å². The normalized spacial score (nSPS) is 18.3. The van der Waals surface area contributed by atoms with E-state index < -0.39 is 18.2 Å². The minimum Gasteiger partial charge on any atom is -0.478 e. The molecule has 222 valence electrons. The minimum atomic E-state index is -1.04. The fourth-order valence-corrected chi connectivity index (χ4v) is 5.44. The Morgan fingerprint density at radius 1 is 0.929 bits per heavy atom. The third kappa shape index (κ3) is 8.84. The second-order valence-electron chi connectivity index (χ2n) is 9.73. The van der Waals surface area contributed by atoms with Gasteiger partial charge in [-0.1, -0.05) is 36.4 Å². The Kier molecular flexibility index (Phi) is 11.4. The molecule has 4 rings (SSSR count). The van der Waals surface area contributed by atoms with Crippen molar-refractivity contribution >= 4 is 35.2 Å². The molecular weight excluding hydrogens is 562 g/mol. The van der Waals surface area contributed by atoms with E-state index in [1.54, 1.807) is 29.9 Å². The van der Waals surface area contributed by atoms with Crippen molar-refractivity contribution in [3.63, 3.8) is 0 Å². The Bertz CT molecular complexity index is 1350. The molecule has 1 saturated heterocycles. The van der Waals surface area contributed by atoms with E-state index in [1.165, 1.54) is 17.8 Å². The third-order valence-corrected chi connectivity index (χ3v) is 7.81. The van der Waals surface area contributed by atoms with Crippen LogP contribution in [-0.2, 0) is 25.7 Å². The van der Waals surface area contributed by atoms with Gasteiger partial charge in [-0.2, -0.15) is 0 Å². The number of aromatic carboxylic acids is 1. The SMILES string of the molecule is O=C(CCCCC(=O)Nc1ccc(C2OC(CSc3ncccc3C(=O)O)CC(c3ccc(CO)cc3)O2)cc1)NO. The van der Waals surface area contributed by atoms with Gasteiger partial charge >= 0.3 is 5.97 Å². The first-order valence-corrected chi connectivity index (χ1v) is 14.5. The maximum absolute atomic E-state index is 12.3. The predicted molar refractivity (Wildman–Crippen MR) is 154 cm³/mol. The second-order valence-corrected chi connectivity index (χ2v) is 10.7. The molecule has 0 aliphatic carbocycles. The summed E-state index contributed by atoms with van der Waals surface area (Å²) in [5, 5.41) is 30.7. The summed E-state index contributed by atoms with van der Waals surface area (Å²) in [4.78, 5) is 39.2. The molecule has 0 saturated carbocycles. The van der Waals surface area contributed by atoms with Crippen LogP contribution in [0.5, 0.6) is 0 Å². The molecule has 3 aromatic rings. The first kappa shape index (κ1) is 31.1. The van der Waals surface area contributed by atoms with Crippen LogP contribution in [-0.4, -0.2) is 50.0 Å². The molecule has 42 heavy (non-hydrogen) atoms. The molecule has 11 nitrogen and oxygen atoms in total. The molecule has 0 bridgehead atoms. The van der Waals surface area contributed by atoms with Gasteiger partial charge in [0.1, 0.15) is 5.03 Å². The number of unbranched alkanes of at least 4 members (excludes halogenated alkanes) is 1. The summed E-state index contributed by atoms with van der Waals surface area (Å²) in [6.45, 7) is -0.0590. The average Bonchev–Trinajstić information content (AvgIpc) is 3.02. The highest BCUT2D eigenvalue weighted by Gasteiger charge is 2.32. The van der Waals surface area contributed by atoms with Gasteiger partial charge in [-0.15, -0.1) is 11.8 Å². The van der Waals surface area contributed by atoms with E-state index in [4.69, 9.17) is 14.7 Å². The summed E-state index contributed by atoms with van der Waals surface area (Å²) in [5.41, 5.74) is 4.78. The van der Waals surface area contributed by atoms with Crippen molar-refractivity contribution in [2.24, 2.45) is 0 Å². The summed E-state index contributed by atoms with van der Waals surface area (Å²) >= 11 is 1.31. The minimum absolute atomic E-state index is 0.0590. The number of nitrogens with zero attached hydrogens (tertiary/aromatic N) is 1. The number of ether oxygens (including phenoxy) is 2. The van der Waals surface area contributed by atoms with E-state index in [1.807, 2.05) is 36.4 Å². The lowest BCUT2D eigenvalue weighted by atomic mass is 10.0. The fraction of sp³-hybridized carbons (Fsp3) is 0.333. The van der Waals surface area contributed by atoms with Crippen LogP contribution in [0, 0.1) is 0 Å². The second kappa shape index (κ2) is 15.4. The van der Waals surface area contributed by atoms with Crippen molar-refractivity contribution in [3.8, 4) is 0 Å². The molecule has 1 fully saturated rings. The summed E-state index contributed by atoms with van der Waals surface area (Å²) in [7, 11) is 0. The highest BCUT2D eigenvalue weighted by molar-refractivity contribution is 7.99. The van der Waals surface area contributed by atoms with E-state index in [0.29, 0.717) is 35.7 Å². The summed E-state index contributed by atoms with van der Waals surface area (Å²) in [5.74, 6) is -1.25. The molecule has 2 heterocycles. The third-order valence-electron chi connectivity index (χ3n) is 6.67. The van der Waals surface area contributed by atoms with Gasteiger partial charge in [0.15, 0.2) is 6.29 Å². The maximum atomic E-state index is 12.3. The quantitative estimate of drug-likeness (QED) is 0.0814. The van der Waals surface area contributed by atoms with Crippen LogP contribution in [0.25, 0.3) is 0 Å². The molecule has 2 amide bonds. The average molecular weight is 596 g/mol. The number of anilines is 1. The number of hydroxylamine groups is 1. The molecule has 3 unspecified atom stereocenters. The Hall–Kier alpha value is -3.81. The van der Waals surface area contributed by atoms with Crippen LogP contribution in [0.1, 0.15) is 71.5 Å². The number of amides is 2. The van der Waals surface area contributed by atoms with Gasteiger partial charge in [0.25, 0.3) is 0 Å². The highest BCUT2D eigenvalue weighted by Crippen LogP contribution is 2.39. The zero-order valence-corrected chi connectivity index (χ0v) is 23.6. The number of rotatable bonds is 13. The van der Waals surface area contributed by atoms with Gasteiger partial charge in [-0.25, -0.2) is 15.3 Å². The van der Waals surface area contributed by atoms with Crippen LogP contribution in [0.2, 0.25) is 0 Å². The van der Waals surface area contributed by atoms with Gasteiger partial charge < -0.3 is 25.0 Å². The number of benzene rings is 2. The van der Waals surface area contributed by atoms with Crippen LogP contribution in [0.3, 0.4) is 0 Å². The van der Waals surface area contributed by atoms with Crippen molar-refractivity contribution < 1.29 is 39.3 Å². The molecule has 3 atom stereocenters. The van der Waals surface area contributed by atoms with Gasteiger partial charge in [-0.3, -0.25) is 14.8 Å².